The summed E-state index contributed by atoms with van der Waals surface area (Å²) in [5.41, 5.74) is 4.30. The first-order valence-electron chi connectivity index (χ1n) is 7.12. The van der Waals surface area contributed by atoms with Crippen molar-refractivity contribution >= 4 is 11.6 Å². The van der Waals surface area contributed by atoms with Crippen LogP contribution in [0.4, 0.5) is 0 Å². The zero-order valence-electron chi connectivity index (χ0n) is 12.8. The molecule has 1 atom stereocenters. The average molecular weight is 262 g/mol. The number of carbonyl (C=O) groups excluding carboxylic acids is 1. The summed E-state index contributed by atoms with van der Waals surface area (Å²) >= 11 is 0. The first-order valence-corrected chi connectivity index (χ1v) is 7.12. The second kappa shape index (κ2) is 6.69. The number of allylic oxidation sites excluding steroid dienone is 3. The van der Waals surface area contributed by atoms with Gasteiger partial charge < -0.3 is 5.32 Å². The highest BCUT2D eigenvalue weighted by Gasteiger charge is 2.24. The van der Waals surface area contributed by atoms with Gasteiger partial charge in [-0.1, -0.05) is 27.4 Å². The van der Waals surface area contributed by atoms with Gasteiger partial charge in [-0.3, -0.25) is 9.79 Å². The highest BCUT2D eigenvalue weighted by atomic mass is 16.1. The van der Waals surface area contributed by atoms with Gasteiger partial charge in [0.2, 0.25) is 5.91 Å². The van der Waals surface area contributed by atoms with Gasteiger partial charge in [-0.25, -0.2) is 0 Å². The quantitative estimate of drug-likeness (QED) is 0.804. The molecule has 0 spiro atoms. The van der Waals surface area contributed by atoms with E-state index < -0.39 is 0 Å². The lowest BCUT2D eigenvalue weighted by Crippen LogP contribution is -2.33. The van der Waals surface area contributed by atoms with Crippen molar-refractivity contribution in [1.29, 1.82) is 0 Å². The third-order valence-electron chi connectivity index (χ3n) is 3.56. The Bertz CT molecular complexity index is 430. The van der Waals surface area contributed by atoms with E-state index in [1.54, 1.807) is 6.92 Å². The molecule has 0 aromatic rings. The largest absolute Gasteiger partial charge is 0.330 e. The van der Waals surface area contributed by atoms with E-state index in [1.165, 1.54) is 11.3 Å². The van der Waals surface area contributed by atoms with Crippen molar-refractivity contribution in [2.45, 2.75) is 53.9 Å². The Hall–Kier alpha value is -1.38. The fourth-order valence-corrected chi connectivity index (χ4v) is 2.42. The maximum Gasteiger partial charge on any atom is 0.232 e. The first kappa shape index (κ1) is 15.7. The van der Waals surface area contributed by atoms with E-state index in [1.807, 2.05) is 6.92 Å². The highest BCUT2D eigenvalue weighted by molar-refractivity contribution is 6.05. The van der Waals surface area contributed by atoms with Gasteiger partial charge >= 0.3 is 0 Å². The van der Waals surface area contributed by atoms with Crippen molar-refractivity contribution in [3.05, 3.63) is 23.5 Å². The normalized spacial score (nSPS) is 17.3. The number of amides is 1. The number of hydrogen-bond acceptors (Lipinski definition) is 2. The standard InChI is InChI=1S/C16H26N2O/c1-7-14-13(10(2)3)8-9-15(18-14)12(6)16(19)17-11(4)5/h10,12H,4,7-9H2,1-3,5-6H3,(H,17,19). The monoisotopic (exact) mass is 262 g/mol. The van der Waals surface area contributed by atoms with Crippen molar-refractivity contribution in [2.75, 3.05) is 0 Å². The molecule has 0 aliphatic carbocycles. The van der Waals surface area contributed by atoms with E-state index in [9.17, 15) is 4.79 Å². The molecule has 1 aliphatic heterocycles. The van der Waals surface area contributed by atoms with Gasteiger partial charge in [-0.2, -0.15) is 0 Å². The van der Waals surface area contributed by atoms with Gasteiger partial charge in [0.1, 0.15) is 0 Å². The van der Waals surface area contributed by atoms with Crippen molar-refractivity contribution in [2.24, 2.45) is 16.8 Å². The smallest absolute Gasteiger partial charge is 0.232 e. The van der Waals surface area contributed by atoms with Crippen LogP contribution in [0.5, 0.6) is 0 Å². The molecular formula is C16H26N2O. The number of nitrogens with zero attached hydrogens (tertiary/aromatic N) is 1. The van der Waals surface area contributed by atoms with E-state index in [0.29, 0.717) is 11.6 Å². The maximum absolute atomic E-state index is 12.0. The summed E-state index contributed by atoms with van der Waals surface area (Å²) in [6, 6.07) is 0. The number of hydrogen-bond donors (Lipinski definition) is 1. The summed E-state index contributed by atoms with van der Waals surface area (Å²) in [6.07, 6.45) is 2.86. The molecule has 1 N–H and O–H groups in total. The Balaban J connectivity index is 2.91. The van der Waals surface area contributed by atoms with E-state index in [-0.39, 0.29) is 11.8 Å². The minimum absolute atomic E-state index is 0.00491. The van der Waals surface area contributed by atoms with E-state index in [2.05, 4.69) is 32.7 Å². The molecular weight excluding hydrogens is 236 g/mol. The number of nitrogens with one attached hydrogen (secondary N) is 1. The zero-order chi connectivity index (χ0) is 14.6. The fraction of sp³-hybridized carbons (Fsp3) is 0.625. The molecule has 0 bridgehead atoms. The molecule has 0 saturated carbocycles. The Morgan fingerprint density at radius 2 is 2.00 bits per heavy atom. The van der Waals surface area contributed by atoms with Crippen molar-refractivity contribution in [3.63, 3.8) is 0 Å². The number of carbonyl (C=O) groups is 1. The second-order valence-corrected chi connectivity index (χ2v) is 5.57. The SMILES string of the molecule is C=C(C)NC(=O)C(C)C1=NC(CC)=C(C(C)C)CC1. The molecule has 1 rings (SSSR count). The molecule has 0 aromatic carbocycles. The van der Waals surface area contributed by atoms with Gasteiger partial charge in [0.15, 0.2) is 0 Å². The van der Waals surface area contributed by atoms with Crippen LogP contribution in [0.3, 0.4) is 0 Å². The van der Waals surface area contributed by atoms with Crippen LogP contribution in [0.15, 0.2) is 28.5 Å². The van der Waals surface area contributed by atoms with Crippen molar-refractivity contribution < 1.29 is 4.79 Å². The molecule has 1 aliphatic rings. The molecule has 106 valence electrons. The van der Waals surface area contributed by atoms with Crippen LogP contribution in [-0.4, -0.2) is 11.6 Å². The van der Waals surface area contributed by atoms with Gasteiger partial charge in [-0.15, -0.1) is 0 Å². The van der Waals surface area contributed by atoms with Crippen LogP contribution in [0.2, 0.25) is 0 Å². The van der Waals surface area contributed by atoms with E-state index >= 15 is 0 Å². The summed E-state index contributed by atoms with van der Waals surface area (Å²) in [6.45, 7) is 14.0. The molecule has 19 heavy (non-hydrogen) atoms. The van der Waals surface area contributed by atoms with Crippen molar-refractivity contribution in [3.8, 4) is 0 Å². The average Bonchev–Trinajstić information content (AvgIpc) is 2.36. The van der Waals surface area contributed by atoms with E-state index in [0.717, 1.165) is 25.0 Å². The van der Waals surface area contributed by atoms with Gasteiger partial charge in [-0.05, 0) is 44.6 Å². The fourth-order valence-electron chi connectivity index (χ4n) is 2.42. The molecule has 1 amide bonds. The zero-order valence-corrected chi connectivity index (χ0v) is 12.8. The molecule has 1 unspecified atom stereocenters. The van der Waals surface area contributed by atoms with Crippen LogP contribution in [-0.2, 0) is 4.79 Å². The van der Waals surface area contributed by atoms with Crippen LogP contribution < -0.4 is 5.32 Å². The second-order valence-electron chi connectivity index (χ2n) is 5.57. The predicted octanol–water partition coefficient (Wildman–Crippen LogP) is 3.83. The third-order valence-corrected chi connectivity index (χ3v) is 3.56. The topological polar surface area (TPSA) is 41.5 Å². The lowest BCUT2D eigenvalue weighted by Gasteiger charge is -2.24. The summed E-state index contributed by atoms with van der Waals surface area (Å²) in [7, 11) is 0. The first-order chi connectivity index (χ1) is 8.86. The number of aliphatic imine (C=N–C) groups is 1. The molecule has 1 heterocycles. The lowest BCUT2D eigenvalue weighted by molar-refractivity contribution is -0.121. The van der Waals surface area contributed by atoms with Gasteiger partial charge in [0.25, 0.3) is 0 Å². The lowest BCUT2D eigenvalue weighted by atomic mass is 9.88. The minimum Gasteiger partial charge on any atom is -0.330 e. The third kappa shape index (κ3) is 4.05. The van der Waals surface area contributed by atoms with E-state index in [4.69, 9.17) is 4.99 Å². The molecule has 0 fully saturated rings. The van der Waals surface area contributed by atoms with Crippen LogP contribution >= 0.6 is 0 Å². The summed E-state index contributed by atoms with van der Waals surface area (Å²) < 4.78 is 0. The Kier molecular flexibility index (Phi) is 5.52. The Morgan fingerprint density at radius 3 is 2.47 bits per heavy atom. The summed E-state index contributed by atoms with van der Waals surface area (Å²) in [5, 5.41) is 2.78. The van der Waals surface area contributed by atoms with Crippen LogP contribution in [0.1, 0.15) is 53.9 Å². The van der Waals surface area contributed by atoms with Crippen LogP contribution in [0.25, 0.3) is 0 Å². The molecule has 3 nitrogen and oxygen atoms in total. The van der Waals surface area contributed by atoms with Crippen molar-refractivity contribution in [1.82, 2.24) is 5.32 Å². The minimum atomic E-state index is -0.174. The maximum atomic E-state index is 12.0. The molecule has 3 heteroatoms. The predicted molar refractivity (Wildman–Crippen MR) is 80.9 cm³/mol. The number of rotatable bonds is 5. The Morgan fingerprint density at radius 1 is 1.37 bits per heavy atom. The molecule has 0 aromatic heterocycles. The molecule has 0 radical (unpaired) electrons. The van der Waals surface area contributed by atoms with Crippen LogP contribution in [0, 0.1) is 11.8 Å². The molecule has 0 saturated heterocycles. The summed E-state index contributed by atoms with van der Waals surface area (Å²) in [4.78, 5) is 16.7. The van der Waals surface area contributed by atoms with Gasteiger partial charge in [0, 0.05) is 17.1 Å². The summed E-state index contributed by atoms with van der Waals surface area (Å²) in [5.74, 6) is 0.362. The highest BCUT2D eigenvalue weighted by Crippen LogP contribution is 2.29. The van der Waals surface area contributed by atoms with Gasteiger partial charge in [0.05, 0.1) is 5.92 Å². The Labute approximate surface area is 116 Å².